The molecule has 3 N–H and O–H groups in total. The first-order valence-electron chi connectivity index (χ1n) is 10.0. The van der Waals surface area contributed by atoms with E-state index in [1.807, 2.05) is 48.5 Å². The number of benzene rings is 2. The predicted octanol–water partition coefficient (Wildman–Crippen LogP) is 2.40. The normalized spacial score (nSPS) is 11.0. The molecule has 160 valence electrons. The summed E-state index contributed by atoms with van der Waals surface area (Å²) in [5.74, 6) is 5.20. The van der Waals surface area contributed by atoms with Gasteiger partial charge in [-0.05, 0) is 41.8 Å². The highest BCUT2D eigenvalue weighted by molar-refractivity contribution is 5.72. The second-order valence-corrected chi connectivity index (χ2v) is 7.28. The molecule has 1 heterocycles. The second kappa shape index (κ2) is 10.6. The van der Waals surface area contributed by atoms with Crippen LogP contribution in [0.4, 0.5) is 0 Å². The molecule has 0 fully saturated rings. The Kier molecular flexibility index (Phi) is 7.40. The molecule has 3 rings (SSSR count). The third-order valence-electron chi connectivity index (χ3n) is 4.87. The highest BCUT2D eigenvalue weighted by atomic mass is 16.3. The zero-order valence-corrected chi connectivity index (χ0v) is 17.6. The summed E-state index contributed by atoms with van der Waals surface area (Å²) >= 11 is 0. The van der Waals surface area contributed by atoms with Crippen molar-refractivity contribution in [1.82, 2.24) is 15.3 Å². The van der Waals surface area contributed by atoms with Crippen molar-refractivity contribution in [3.8, 4) is 23.7 Å². The number of aromatic hydroxyl groups is 1. The molecule has 0 radical (unpaired) electrons. The number of aromatic amines is 1. The molecule has 1 unspecified atom stereocenters. The summed E-state index contributed by atoms with van der Waals surface area (Å²) in [6.45, 7) is 1.65. The maximum atomic E-state index is 11.8. The Hall–Kier alpha value is -4.36. The number of hydrogen-bond acceptors (Lipinski definition) is 5. The molecular weight excluding hydrogens is 404 g/mol. The van der Waals surface area contributed by atoms with Crippen molar-refractivity contribution in [2.45, 2.75) is 25.7 Å². The number of nitriles is 1. The maximum Gasteiger partial charge on any atom is 0.293 e. The van der Waals surface area contributed by atoms with E-state index in [1.54, 1.807) is 0 Å². The molecule has 0 spiro atoms. The van der Waals surface area contributed by atoms with Crippen LogP contribution in [0.3, 0.4) is 0 Å². The van der Waals surface area contributed by atoms with E-state index in [1.165, 1.54) is 13.3 Å². The zero-order chi connectivity index (χ0) is 22.9. The first-order valence-corrected chi connectivity index (χ1v) is 10.0. The number of H-pyrrole nitrogens is 1. The summed E-state index contributed by atoms with van der Waals surface area (Å²) in [6.07, 6.45) is 2.09. The van der Waals surface area contributed by atoms with E-state index in [4.69, 9.17) is 5.26 Å². The summed E-state index contributed by atoms with van der Waals surface area (Å²) in [7, 11) is 0. The van der Waals surface area contributed by atoms with Gasteiger partial charge < -0.3 is 15.4 Å². The molecule has 3 aromatic rings. The lowest BCUT2D eigenvalue weighted by Crippen LogP contribution is -2.28. The van der Waals surface area contributed by atoms with Crippen LogP contribution in [0.15, 0.2) is 59.7 Å². The Morgan fingerprint density at radius 3 is 2.25 bits per heavy atom. The van der Waals surface area contributed by atoms with Gasteiger partial charge in [0.05, 0.1) is 24.5 Å². The van der Waals surface area contributed by atoms with Gasteiger partial charge >= 0.3 is 0 Å². The summed E-state index contributed by atoms with van der Waals surface area (Å²) in [4.78, 5) is 29.6. The van der Waals surface area contributed by atoms with Crippen molar-refractivity contribution in [3.05, 3.63) is 93.2 Å². The molecule has 0 bridgehead atoms. The number of nitrogens with zero attached hydrogens (tertiary/aromatic N) is 2. The Morgan fingerprint density at radius 1 is 1.09 bits per heavy atom. The van der Waals surface area contributed by atoms with E-state index in [9.17, 15) is 14.7 Å². The first-order chi connectivity index (χ1) is 15.5. The minimum atomic E-state index is -0.617. The summed E-state index contributed by atoms with van der Waals surface area (Å²) in [6, 6.07) is 17.3. The number of carbonyl (C=O) groups is 1. The zero-order valence-electron chi connectivity index (χ0n) is 17.6. The highest BCUT2D eigenvalue weighted by Gasteiger charge is 2.20. The molecular formula is C25H22N4O3. The van der Waals surface area contributed by atoms with E-state index in [0.29, 0.717) is 12.8 Å². The van der Waals surface area contributed by atoms with Crippen LogP contribution in [0.2, 0.25) is 0 Å². The number of nitrogens with one attached hydrogen (secondary N) is 2. The van der Waals surface area contributed by atoms with Gasteiger partial charge in [0.25, 0.3) is 5.56 Å². The van der Waals surface area contributed by atoms with E-state index >= 15 is 0 Å². The van der Waals surface area contributed by atoms with Gasteiger partial charge in [-0.3, -0.25) is 9.59 Å². The van der Waals surface area contributed by atoms with Crippen molar-refractivity contribution in [2.75, 3.05) is 6.54 Å². The van der Waals surface area contributed by atoms with Gasteiger partial charge in [-0.2, -0.15) is 5.26 Å². The number of rotatable bonds is 6. The predicted molar refractivity (Wildman–Crippen MR) is 120 cm³/mol. The molecule has 0 saturated carbocycles. The second-order valence-electron chi connectivity index (χ2n) is 7.28. The lowest BCUT2D eigenvalue weighted by Gasteiger charge is -2.17. The largest absolute Gasteiger partial charge is 0.502 e. The molecule has 1 atom stereocenters. The number of aromatic nitrogens is 2. The van der Waals surface area contributed by atoms with Crippen LogP contribution >= 0.6 is 0 Å². The lowest BCUT2D eigenvalue weighted by molar-refractivity contribution is -0.119. The van der Waals surface area contributed by atoms with E-state index < -0.39 is 11.3 Å². The Bertz CT molecular complexity index is 1240. The van der Waals surface area contributed by atoms with Gasteiger partial charge in [-0.15, -0.1) is 0 Å². The molecule has 0 aliphatic carbocycles. The molecule has 2 aromatic carbocycles. The SMILES string of the molecule is CC(=O)NCC(Cc1ccc(C#Cc2ccc(CC#N)cc2)cc1)c1nc[nH]c(=O)c1O. The van der Waals surface area contributed by atoms with Crippen molar-refractivity contribution in [2.24, 2.45) is 0 Å². The molecule has 0 aliphatic heterocycles. The van der Waals surface area contributed by atoms with Crippen LogP contribution in [-0.2, 0) is 17.6 Å². The molecule has 0 aliphatic rings. The third kappa shape index (κ3) is 6.07. The summed E-state index contributed by atoms with van der Waals surface area (Å²) in [5, 5.41) is 21.6. The van der Waals surface area contributed by atoms with Gasteiger partial charge in [0.2, 0.25) is 11.7 Å². The summed E-state index contributed by atoms with van der Waals surface area (Å²) < 4.78 is 0. The molecule has 1 amide bonds. The number of amides is 1. The van der Waals surface area contributed by atoms with Crippen LogP contribution in [-0.4, -0.2) is 27.5 Å². The Morgan fingerprint density at radius 2 is 1.69 bits per heavy atom. The minimum Gasteiger partial charge on any atom is -0.502 e. The van der Waals surface area contributed by atoms with E-state index in [-0.39, 0.29) is 24.1 Å². The van der Waals surface area contributed by atoms with E-state index in [2.05, 4.69) is 33.2 Å². The van der Waals surface area contributed by atoms with Gasteiger partial charge in [0.15, 0.2) is 0 Å². The fourth-order valence-electron chi connectivity index (χ4n) is 3.19. The van der Waals surface area contributed by atoms with Crippen LogP contribution in [0, 0.1) is 23.2 Å². The molecule has 7 nitrogen and oxygen atoms in total. The van der Waals surface area contributed by atoms with Gasteiger partial charge in [0.1, 0.15) is 0 Å². The Balaban J connectivity index is 1.75. The van der Waals surface area contributed by atoms with Crippen LogP contribution in [0.1, 0.15) is 40.8 Å². The first kappa shape index (κ1) is 22.3. The lowest BCUT2D eigenvalue weighted by atomic mass is 9.94. The molecule has 1 aromatic heterocycles. The minimum absolute atomic E-state index is 0.203. The van der Waals surface area contributed by atoms with Gasteiger partial charge in [0, 0.05) is 30.5 Å². The molecule has 32 heavy (non-hydrogen) atoms. The van der Waals surface area contributed by atoms with Crippen molar-refractivity contribution in [3.63, 3.8) is 0 Å². The Labute approximate surface area is 185 Å². The monoisotopic (exact) mass is 426 g/mol. The van der Waals surface area contributed by atoms with Crippen LogP contribution in [0.5, 0.6) is 5.75 Å². The number of carbonyl (C=O) groups excluding carboxylic acids is 1. The molecule has 0 saturated heterocycles. The standard InChI is InChI=1S/C25H22N4O3/c1-17(30)27-15-22(23-24(31)25(32)29-16-28-23)14-21-10-8-19(9-11-21)3-2-18-4-6-20(7-5-18)12-13-26/h4-11,16,22,31H,12,14-15H2,1H3,(H,27,30)(H,28,29,32). The highest BCUT2D eigenvalue weighted by Crippen LogP contribution is 2.23. The van der Waals surface area contributed by atoms with Crippen molar-refractivity contribution < 1.29 is 9.90 Å². The van der Waals surface area contributed by atoms with Crippen LogP contribution < -0.4 is 10.9 Å². The average Bonchev–Trinajstić information content (AvgIpc) is 2.79. The average molecular weight is 426 g/mol. The van der Waals surface area contributed by atoms with Gasteiger partial charge in [-0.25, -0.2) is 4.98 Å². The number of hydrogen-bond donors (Lipinski definition) is 3. The van der Waals surface area contributed by atoms with E-state index in [0.717, 1.165) is 22.3 Å². The topological polar surface area (TPSA) is 119 Å². The quantitative estimate of drug-likeness (QED) is 0.523. The van der Waals surface area contributed by atoms with Crippen molar-refractivity contribution >= 4 is 5.91 Å². The third-order valence-corrected chi connectivity index (χ3v) is 4.87. The fraction of sp³-hybridized carbons (Fsp3) is 0.200. The van der Waals surface area contributed by atoms with Crippen molar-refractivity contribution in [1.29, 1.82) is 5.26 Å². The molecule has 7 heteroatoms. The smallest absolute Gasteiger partial charge is 0.293 e. The van der Waals surface area contributed by atoms with Crippen LogP contribution in [0.25, 0.3) is 0 Å². The fourth-order valence-corrected chi connectivity index (χ4v) is 3.19. The maximum absolute atomic E-state index is 11.8. The van der Waals surface area contributed by atoms with Gasteiger partial charge in [-0.1, -0.05) is 36.1 Å². The summed E-state index contributed by atoms with van der Waals surface area (Å²) in [5.41, 5.74) is 3.23.